The predicted molar refractivity (Wildman–Crippen MR) is 138 cm³/mol. The number of hydrogen-bond acceptors (Lipinski definition) is 8. The van der Waals surface area contributed by atoms with Crippen LogP contribution in [0.1, 0.15) is 55.8 Å². The topological polar surface area (TPSA) is 96.2 Å². The van der Waals surface area contributed by atoms with Crippen molar-refractivity contribution in [1.29, 1.82) is 0 Å². The monoisotopic (exact) mass is 571 g/mol. The molecule has 1 aromatic carbocycles. The third-order valence-electron chi connectivity index (χ3n) is 7.23. The quantitative estimate of drug-likeness (QED) is 0.456. The van der Waals surface area contributed by atoms with E-state index in [2.05, 4.69) is 21.2 Å². The number of dihydropyridines is 1. The second-order valence-corrected chi connectivity index (χ2v) is 10.3. The molecule has 0 unspecified atom stereocenters. The van der Waals surface area contributed by atoms with Crippen molar-refractivity contribution in [2.45, 2.75) is 50.5 Å². The Bertz CT molecular complexity index is 1260. The first-order valence-electron chi connectivity index (χ1n) is 12.4. The molecular formula is C28H30BrNO7. The zero-order chi connectivity index (χ0) is 26.1. The number of ether oxygens (including phenoxy) is 4. The Balaban J connectivity index is 1.59. The minimum absolute atomic E-state index is 0.0546. The van der Waals surface area contributed by atoms with Crippen molar-refractivity contribution < 1.29 is 33.0 Å². The minimum Gasteiger partial charge on any atom is -0.496 e. The molecule has 5 rings (SSSR count). The molecule has 9 heteroatoms. The largest absolute Gasteiger partial charge is 0.496 e. The van der Waals surface area contributed by atoms with Gasteiger partial charge in [0.1, 0.15) is 23.9 Å². The van der Waals surface area contributed by atoms with Gasteiger partial charge in [0.15, 0.2) is 5.78 Å². The molecule has 3 heterocycles. The number of rotatable bonds is 7. The van der Waals surface area contributed by atoms with E-state index in [-0.39, 0.29) is 30.8 Å². The van der Waals surface area contributed by atoms with Gasteiger partial charge in [-0.25, -0.2) is 4.79 Å². The lowest BCUT2D eigenvalue weighted by Gasteiger charge is -2.36. The van der Waals surface area contributed by atoms with Gasteiger partial charge in [0.2, 0.25) is 0 Å². The molecule has 2 aliphatic heterocycles. The zero-order valence-electron chi connectivity index (χ0n) is 21.1. The molecule has 0 spiro atoms. The highest BCUT2D eigenvalue weighted by atomic mass is 79.9. The van der Waals surface area contributed by atoms with Crippen LogP contribution in [0.25, 0.3) is 0 Å². The third kappa shape index (κ3) is 4.94. The first-order valence-corrected chi connectivity index (χ1v) is 13.2. The summed E-state index contributed by atoms with van der Waals surface area (Å²) in [4.78, 5) is 27.4. The summed E-state index contributed by atoms with van der Waals surface area (Å²) in [5.41, 5.74) is 2.99. The van der Waals surface area contributed by atoms with E-state index in [1.54, 1.807) is 26.5 Å². The fourth-order valence-electron chi connectivity index (χ4n) is 5.48. The van der Waals surface area contributed by atoms with Gasteiger partial charge < -0.3 is 28.7 Å². The van der Waals surface area contributed by atoms with Crippen LogP contribution in [-0.2, 0) is 19.1 Å². The lowest BCUT2D eigenvalue weighted by molar-refractivity contribution is -0.142. The average Bonchev–Trinajstić information content (AvgIpc) is 3.61. The summed E-state index contributed by atoms with van der Waals surface area (Å²) in [5.74, 6) is 0.557. The Morgan fingerprint density at radius 3 is 2.68 bits per heavy atom. The van der Waals surface area contributed by atoms with Crippen LogP contribution in [0.4, 0.5) is 0 Å². The van der Waals surface area contributed by atoms with Crippen molar-refractivity contribution in [3.63, 3.8) is 0 Å². The number of esters is 1. The van der Waals surface area contributed by atoms with Crippen LogP contribution in [0.15, 0.2) is 62.0 Å². The summed E-state index contributed by atoms with van der Waals surface area (Å²) in [6.07, 6.45) is 4.17. The van der Waals surface area contributed by atoms with Crippen molar-refractivity contribution in [2.75, 3.05) is 27.4 Å². The lowest BCUT2D eigenvalue weighted by atomic mass is 9.72. The molecule has 196 valence electrons. The van der Waals surface area contributed by atoms with Crippen LogP contribution >= 0.6 is 15.9 Å². The van der Waals surface area contributed by atoms with Gasteiger partial charge in [0.25, 0.3) is 0 Å². The Morgan fingerprint density at radius 2 is 2.00 bits per heavy atom. The van der Waals surface area contributed by atoms with Gasteiger partial charge in [0, 0.05) is 41.5 Å². The van der Waals surface area contributed by atoms with Crippen molar-refractivity contribution in [1.82, 2.24) is 5.32 Å². The average molecular weight is 572 g/mol. The summed E-state index contributed by atoms with van der Waals surface area (Å²) < 4.78 is 29.0. The number of ketones is 1. The smallest absolute Gasteiger partial charge is 0.336 e. The van der Waals surface area contributed by atoms with Gasteiger partial charge >= 0.3 is 5.97 Å². The number of furan rings is 1. The summed E-state index contributed by atoms with van der Waals surface area (Å²) in [7, 11) is 3.14. The van der Waals surface area contributed by atoms with E-state index >= 15 is 0 Å². The van der Waals surface area contributed by atoms with Crippen molar-refractivity contribution in [2.24, 2.45) is 0 Å². The number of hydrogen-bond donors (Lipinski definition) is 1. The molecule has 37 heavy (non-hydrogen) atoms. The number of carbonyl (C=O) groups excluding carboxylic acids is 2. The molecule has 0 amide bonds. The van der Waals surface area contributed by atoms with Crippen LogP contribution in [0, 0.1) is 0 Å². The van der Waals surface area contributed by atoms with Crippen LogP contribution in [0.3, 0.4) is 0 Å². The number of Topliss-reactive ketones (excluding diaryl/α,β-unsaturated/α-hetero) is 1. The summed E-state index contributed by atoms with van der Waals surface area (Å²) in [6, 6.07) is 7.33. The van der Waals surface area contributed by atoms with Gasteiger partial charge in [-0.15, -0.1) is 0 Å². The molecule has 0 radical (unpaired) electrons. The van der Waals surface area contributed by atoms with Gasteiger partial charge in [-0.1, -0.05) is 0 Å². The molecule has 1 aliphatic carbocycles. The maximum absolute atomic E-state index is 13.8. The SMILES string of the molecule is COc1cc([C@H]2C(C(=O)OC[C@@H]3CCCO3)=C(C)NC3=C2C(=O)C[C@@H](c2ccco2)C3)c(OC)cc1Br. The Labute approximate surface area is 224 Å². The van der Waals surface area contributed by atoms with Gasteiger partial charge in [-0.2, -0.15) is 0 Å². The summed E-state index contributed by atoms with van der Waals surface area (Å²) in [5, 5.41) is 3.36. The van der Waals surface area contributed by atoms with Gasteiger partial charge in [-0.3, -0.25) is 4.79 Å². The number of carbonyl (C=O) groups is 2. The minimum atomic E-state index is -0.685. The molecule has 1 saturated heterocycles. The number of methoxy groups -OCH3 is 2. The van der Waals surface area contributed by atoms with E-state index in [9.17, 15) is 9.59 Å². The van der Waals surface area contributed by atoms with Crippen LogP contribution in [0.2, 0.25) is 0 Å². The van der Waals surface area contributed by atoms with Crippen LogP contribution in [0.5, 0.6) is 11.5 Å². The van der Waals surface area contributed by atoms with E-state index in [4.69, 9.17) is 23.4 Å². The molecule has 0 bridgehead atoms. The lowest BCUT2D eigenvalue weighted by Crippen LogP contribution is -2.36. The van der Waals surface area contributed by atoms with Crippen molar-refractivity contribution in [3.05, 3.63) is 68.9 Å². The molecule has 3 aliphatic rings. The molecule has 2 aromatic rings. The fourth-order valence-corrected chi connectivity index (χ4v) is 5.96. The molecule has 3 atom stereocenters. The first-order chi connectivity index (χ1) is 17.9. The van der Waals surface area contributed by atoms with E-state index in [0.29, 0.717) is 51.4 Å². The molecule has 0 saturated carbocycles. The van der Waals surface area contributed by atoms with Crippen molar-refractivity contribution in [3.8, 4) is 11.5 Å². The molecule has 1 fully saturated rings. The molecule has 1 N–H and O–H groups in total. The molecule has 1 aromatic heterocycles. The maximum Gasteiger partial charge on any atom is 0.336 e. The molecular weight excluding hydrogens is 542 g/mol. The van der Waals surface area contributed by atoms with Gasteiger partial charge in [-0.05, 0) is 66.4 Å². The van der Waals surface area contributed by atoms with Crippen LogP contribution in [-0.4, -0.2) is 45.3 Å². The van der Waals surface area contributed by atoms with E-state index in [1.165, 1.54) is 0 Å². The summed E-state index contributed by atoms with van der Waals surface area (Å²) >= 11 is 3.51. The third-order valence-corrected chi connectivity index (χ3v) is 7.85. The Kier molecular flexibility index (Phi) is 7.44. The second-order valence-electron chi connectivity index (χ2n) is 9.49. The highest BCUT2D eigenvalue weighted by Crippen LogP contribution is 2.49. The summed E-state index contributed by atoms with van der Waals surface area (Å²) in [6.45, 7) is 2.68. The number of benzene rings is 1. The van der Waals surface area contributed by atoms with Crippen LogP contribution < -0.4 is 14.8 Å². The number of halogens is 1. The Hall–Kier alpha value is -3.04. The standard InChI is InChI=1S/C28H30BrNO7/c1-15-25(28(32)37-14-17-6-4-8-35-17)26(18-12-24(34-3)19(29)13-23(18)33-2)27-20(30-15)10-16(11-21(27)31)22-7-5-9-36-22/h5,7,9,12-13,16-17,26,30H,4,6,8,10-11,14H2,1-3H3/t16-,17-,26-/m0/s1. The fraction of sp³-hybridized carbons (Fsp3) is 0.429. The van der Waals surface area contributed by atoms with Gasteiger partial charge in [0.05, 0.1) is 42.6 Å². The Morgan fingerprint density at radius 1 is 1.19 bits per heavy atom. The second kappa shape index (κ2) is 10.8. The van der Waals surface area contributed by atoms with E-state index < -0.39 is 11.9 Å². The van der Waals surface area contributed by atoms with Crippen molar-refractivity contribution >= 4 is 27.7 Å². The number of allylic oxidation sites excluding steroid dienone is 3. The first kappa shape index (κ1) is 25.6. The maximum atomic E-state index is 13.8. The molecule has 8 nitrogen and oxygen atoms in total. The van der Waals surface area contributed by atoms with E-state index in [1.807, 2.05) is 25.1 Å². The number of nitrogens with one attached hydrogen (secondary N) is 1. The highest BCUT2D eigenvalue weighted by molar-refractivity contribution is 9.10. The predicted octanol–water partition coefficient (Wildman–Crippen LogP) is 5.14. The highest BCUT2D eigenvalue weighted by Gasteiger charge is 2.43. The van der Waals surface area contributed by atoms with E-state index in [0.717, 1.165) is 24.3 Å². The normalized spacial score (nSPS) is 23.6. The zero-order valence-corrected chi connectivity index (χ0v) is 22.7.